The van der Waals surface area contributed by atoms with Crippen LogP contribution in [0.2, 0.25) is 0 Å². The molecule has 0 atom stereocenters. The molecule has 27 heavy (non-hydrogen) atoms. The van der Waals surface area contributed by atoms with Gasteiger partial charge in [0.15, 0.2) is 0 Å². The Hall–Kier alpha value is -1.77. The molecule has 0 aromatic heterocycles. The molecule has 0 aliphatic rings. The summed E-state index contributed by atoms with van der Waals surface area (Å²) < 4.78 is 0. The van der Waals surface area contributed by atoms with E-state index in [0.29, 0.717) is 0 Å². The fraction of sp³-hybridized carbons (Fsp3) is 0. The summed E-state index contributed by atoms with van der Waals surface area (Å²) in [5, 5.41) is 5.59. The first-order valence-corrected chi connectivity index (χ1v) is 10.6. The van der Waals surface area contributed by atoms with Gasteiger partial charge in [-0.25, -0.2) is 0 Å². The van der Waals surface area contributed by atoms with Crippen LogP contribution in [0.3, 0.4) is 0 Å². The molecule has 0 nitrogen and oxygen atoms in total. The molecule has 0 fully saturated rings. The molecule has 0 N–H and O–H groups in total. The van der Waals surface area contributed by atoms with E-state index in [1.807, 2.05) is 0 Å². The summed E-state index contributed by atoms with van der Waals surface area (Å²) in [5.74, 6) is 0. The van der Waals surface area contributed by atoms with Crippen LogP contribution in [0.4, 0.5) is 0 Å². The van der Waals surface area contributed by atoms with Gasteiger partial charge in [0.05, 0.1) is 0 Å². The number of rotatable bonds is 4. The van der Waals surface area contributed by atoms with Crippen LogP contribution in [0, 0.1) is 0 Å². The largest absolute Gasteiger partial charge is 0.0622 e. The van der Waals surface area contributed by atoms with Gasteiger partial charge in [-0.2, -0.15) is 0 Å². The summed E-state index contributed by atoms with van der Waals surface area (Å²) in [6, 6.07) is 42.3. The van der Waals surface area contributed by atoms with Crippen molar-refractivity contribution in [1.82, 2.24) is 0 Å². The zero-order chi connectivity index (χ0) is 17.9. The zero-order valence-electron chi connectivity index (χ0n) is 14.9. The quantitative estimate of drug-likeness (QED) is 0.327. The van der Waals surface area contributed by atoms with Gasteiger partial charge < -0.3 is 0 Å². The van der Waals surface area contributed by atoms with Crippen molar-refractivity contribution in [2.45, 2.75) is 0 Å². The third-order valence-corrected chi connectivity index (χ3v) is 6.16. The van der Waals surface area contributed by atoms with Gasteiger partial charge in [-0.3, -0.25) is 0 Å². The third-order valence-electron chi connectivity index (χ3n) is 3.67. The van der Waals surface area contributed by atoms with Gasteiger partial charge in [0.1, 0.15) is 0 Å². The van der Waals surface area contributed by atoms with Gasteiger partial charge in [0.25, 0.3) is 0 Å². The molecule has 0 amide bonds. The molecule has 0 bridgehead atoms. The van der Waals surface area contributed by atoms with Gasteiger partial charge in [0, 0.05) is 16.5 Å². The van der Waals surface area contributed by atoms with Crippen molar-refractivity contribution in [3.8, 4) is 0 Å². The van der Waals surface area contributed by atoms with Gasteiger partial charge >= 0.3 is 0 Å². The summed E-state index contributed by atoms with van der Waals surface area (Å²) in [7, 11) is 1.55. The third kappa shape index (κ3) is 8.19. The Kier molecular flexibility index (Phi) is 10.0. The second kappa shape index (κ2) is 12.6. The SMILES string of the molecule is [Ni].c1ccc(Pc2ccccc2)cc1.c1ccc(Pc2ccccc2)cc1. The summed E-state index contributed by atoms with van der Waals surface area (Å²) in [6.07, 6.45) is 0. The van der Waals surface area contributed by atoms with E-state index in [1.54, 1.807) is 0 Å². The Morgan fingerprint density at radius 1 is 0.296 bits per heavy atom. The molecule has 0 spiro atoms. The van der Waals surface area contributed by atoms with E-state index in [9.17, 15) is 0 Å². The van der Waals surface area contributed by atoms with E-state index in [2.05, 4.69) is 121 Å². The van der Waals surface area contributed by atoms with Crippen LogP contribution in [0.5, 0.6) is 0 Å². The first kappa shape index (κ1) is 21.5. The molecule has 3 heteroatoms. The predicted molar refractivity (Wildman–Crippen MR) is 121 cm³/mol. The first-order valence-electron chi connectivity index (χ1n) is 8.64. The molecule has 0 saturated heterocycles. The van der Waals surface area contributed by atoms with Crippen molar-refractivity contribution in [3.63, 3.8) is 0 Å². The minimum Gasteiger partial charge on any atom is -0.0622 e. The van der Waals surface area contributed by atoms with Crippen molar-refractivity contribution in [2.24, 2.45) is 0 Å². The second-order valence-corrected chi connectivity index (χ2v) is 8.52. The normalized spacial score (nSPS) is 9.48. The Balaban J connectivity index is 0.000000187. The van der Waals surface area contributed by atoms with E-state index in [1.165, 1.54) is 21.2 Å². The molecule has 0 aliphatic carbocycles. The monoisotopic (exact) mass is 430 g/mol. The fourth-order valence-corrected chi connectivity index (χ4v) is 4.52. The Morgan fingerprint density at radius 2 is 0.481 bits per heavy atom. The average molecular weight is 431 g/mol. The minimum absolute atomic E-state index is 0. The Morgan fingerprint density at radius 3 is 0.667 bits per heavy atom. The number of hydrogen-bond acceptors (Lipinski definition) is 0. The molecule has 4 rings (SSSR count). The standard InChI is InChI=1S/2C12H11P.Ni/c2*1-3-7-11(8-4-1)13-12-9-5-2-6-10-12;/h2*1-10,13H;. The van der Waals surface area contributed by atoms with Crippen molar-refractivity contribution in [2.75, 3.05) is 0 Å². The summed E-state index contributed by atoms with van der Waals surface area (Å²) in [4.78, 5) is 0. The first-order chi connectivity index (χ1) is 12.9. The van der Waals surface area contributed by atoms with Crippen molar-refractivity contribution in [1.29, 1.82) is 0 Å². The Labute approximate surface area is 175 Å². The summed E-state index contributed by atoms with van der Waals surface area (Å²) in [5.41, 5.74) is 0. The molecular formula is C24H22NiP2. The van der Waals surface area contributed by atoms with E-state index < -0.39 is 0 Å². The average Bonchev–Trinajstić information content (AvgIpc) is 2.72. The van der Waals surface area contributed by atoms with Crippen LogP contribution in [0.25, 0.3) is 0 Å². The molecule has 4 aromatic carbocycles. The molecule has 0 saturated carbocycles. The maximum Gasteiger partial charge on any atom is 0 e. The van der Waals surface area contributed by atoms with Crippen molar-refractivity contribution < 1.29 is 16.5 Å². The minimum atomic E-state index is 0. The van der Waals surface area contributed by atoms with Crippen LogP contribution in [-0.2, 0) is 16.5 Å². The molecular weight excluding hydrogens is 409 g/mol. The zero-order valence-corrected chi connectivity index (χ0v) is 17.9. The number of hydrogen-bond donors (Lipinski definition) is 0. The molecule has 4 aromatic rings. The molecule has 0 heterocycles. The molecule has 0 unspecified atom stereocenters. The van der Waals surface area contributed by atoms with Crippen LogP contribution in [-0.4, -0.2) is 0 Å². The maximum absolute atomic E-state index is 2.17. The van der Waals surface area contributed by atoms with Gasteiger partial charge in [-0.05, 0) is 21.2 Å². The van der Waals surface area contributed by atoms with Gasteiger partial charge in [-0.1, -0.05) is 138 Å². The van der Waals surface area contributed by atoms with E-state index >= 15 is 0 Å². The van der Waals surface area contributed by atoms with Crippen LogP contribution >= 0.6 is 17.2 Å². The summed E-state index contributed by atoms with van der Waals surface area (Å²) in [6.45, 7) is 0. The number of benzene rings is 4. The summed E-state index contributed by atoms with van der Waals surface area (Å²) >= 11 is 0. The van der Waals surface area contributed by atoms with Crippen molar-refractivity contribution >= 4 is 38.4 Å². The second-order valence-electron chi connectivity index (χ2n) is 5.71. The van der Waals surface area contributed by atoms with Crippen LogP contribution in [0.15, 0.2) is 121 Å². The van der Waals surface area contributed by atoms with E-state index in [0.717, 1.165) is 17.2 Å². The molecule has 138 valence electrons. The maximum atomic E-state index is 2.17. The van der Waals surface area contributed by atoms with Crippen LogP contribution in [0.1, 0.15) is 0 Å². The van der Waals surface area contributed by atoms with Crippen molar-refractivity contribution in [3.05, 3.63) is 121 Å². The molecule has 0 aliphatic heterocycles. The van der Waals surface area contributed by atoms with E-state index in [-0.39, 0.29) is 16.5 Å². The topological polar surface area (TPSA) is 0 Å². The van der Waals surface area contributed by atoms with E-state index in [4.69, 9.17) is 0 Å². The fourth-order valence-electron chi connectivity index (χ4n) is 2.42. The van der Waals surface area contributed by atoms with Gasteiger partial charge in [0.2, 0.25) is 0 Å². The van der Waals surface area contributed by atoms with Crippen LogP contribution < -0.4 is 21.2 Å². The predicted octanol–water partition coefficient (Wildman–Crippen LogP) is 4.63. The molecule has 0 radical (unpaired) electrons. The Bertz CT molecular complexity index is 715. The van der Waals surface area contributed by atoms with Gasteiger partial charge in [-0.15, -0.1) is 0 Å². The smallest absolute Gasteiger partial charge is 0 e.